The summed E-state index contributed by atoms with van der Waals surface area (Å²) in [4.78, 5) is 52.3. The fourth-order valence-electron chi connectivity index (χ4n) is 2.03. The second-order valence-corrected chi connectivity index (χ2v) is 8.86. The number of ketones is 1. The van der Waals surface area contributed by atoms with Crippen molar-refractivity contribution in [2.75, 3.05) is 13.4 Å². The third-order valence-electron chi connectivity index (χ3n) is 3.26. The summed E-state index contributed by atoms with van der Waals surface area (Å²) in [5.41, 5.74) is 0.275. The van der Waals surface area contributed by atoms with Crippen molar-refractivity contribution in [1.82, 2.24) is 9.79 Å². The molecule has 10 nitrogen and oxygen atoms in total. The minimum absolute atomic E-state index is 0.0646. The van der Waals surface area contributed by atoms with Gasteiger partial charge < -0.3 is 4.74 Å². The molecule has 0 aliphatic carbocycles. The molecule has 1 aromatic carbocycles. The Morgan fingerprint density at radius 2 is 1.62 bits per heavy atom. The van der Waals surface area contributed by atoms with Gasteiger partial charge in [0.2, 0.25) is 15.8 Å². The fraction of sp³-hybridized carbons (Fsp3) is 0.444. The maximum absolute atomic E-state index is 12.2. The van der Waals surface area contributed by atoms with Crippen LogP contribution in [0, 0.1) is 0 Å². The van der Waals surface area contributed by atoms with E-state index in [1.165, 1.54) is 24.0 Å². The number of nitrogens with zero attached hydrogens (tertiary/aromatic N) is 1. The average Bonchev–Trinajstić information content (AvgIpc) is 2.56. The predicted octanol–water partition coefficient (Wildman–Crippen LogP) is 0.567. The number of benzene rings is 1. The van der Waals surface area contributed by atoms with E-state index in [1.54, 1.807) is 32.9 Å². The maximum atomic E-state index is 12.2. The van der Waals surface area contributed by atoms with Crippen LogP contribution in [0.1, 0.15) is 43.1 Å². The quantitative estimate of drug-likeness (QED) is 0.275. The molecule has 1 N–H and O–H groups in total. The highest BCUT2D eigenvalue weighted by atomic mass is 32.2. The Bertz CT molecular complexity index is 885. The molecule has 0 bridgehead atoms. The lowest BCUT2D eigenvalue weighted by atomic mass is 10.1. The van der Waals surface area contributed by atoms with Gasteiger partial charge in [-0.15, -0.1) is 0 Å². The first-order valence-corrected chi connectivity index (χ1v) is 10.3. The largest absolute Gasteiger partial charge is 0.456 e. The number of sulfonamides is 1. The predicted molar refractivity (Wildman–Crippen MR) is 102 cm³/mol. The number of rotatable bonds is 8. The number of carbonyl (C=O) groups excluding carboxylic acids is 4. The molecule has 2 amide bonds. The van der Waals surface area contributed by atoms with Crippen molar-refractivity contribution in [3.63, 3.8) is 0 Å². The zero-order valence-electron chi connectivity index (χ0n) is 16.8. The molecule has 0 unspecified atom stereocenters. The first-order chi connectivity index (χ1) is 13.2. The van der Waals surface area contributed by atoms with Crippen LogP contribution >= 0.6 is 0 Å². The molecular weight excluding hydrogens is 404 g/mol. The normalized spacial score (nSPS) is 11.5. The van der Waals surface area contributed by atoms with Crippen LogP contribution in [0.15, 0.2) is 24.3 Å². The van der Waals surface area contributed by atoms with Crippen molar-refractivity contribution in [1.29, 1.82) is 0 Å². The van der Waals surface area contributed by atoms with Crippen LogP contribution in [0.5, 0.6) is 0 Å². The van der Waals surface area contributed by atoms with Crippen LogP contribution in [0.2, 0.25) is 0 Å². The minimum Gasteiger partial charge on any atom is -0.456 e. The lowest BCUT2D eigenvalue weighted by molar-refractivity contribution is -0.180. The van der Waals surface area contributed by atoms with E-state index in [0.29, 0.717) is 17.4 Å². The molecule has 0 saturated heterocycles. The molecule has 0 aliphatic rings. The van der Waals surface area contributed by atoms with Gasteiger partial charge in [0.05, 0.1) is 31.9 Å². The average molecular weight is 428 g/mol. The fourth-order valence-corrected chi connectivity index (χ4v) is 2.49. The van der Waals surface area contributed by atoms with Gasteiger partial charge in [0.15, 0.2) is 0 Å². The minimum atomic E-state index is -3.92. The third kappa shape index (κ3) is 8.83. The Labute approximate surface area is 169 Å². The van der Waals surface area contributed by atoms with Crippen molar-refractivity contribution in [3.8, 4) is 0 Å². The Hall–Kier alpha value is -2.79. The van der Waals surface area contributed by atoms with Crippen LogP contribution in [-0.4, -0.2) is 56.0 Å². The Morgan fingerprint density at radius 1 is 1.07 bits per heavy atom. The van der Waals surface area contributed by atoms with Gasteiger partial charge in [-0.2, -0.15) is 0 Å². The van der Waals surface area contributed by atoms with Crippen molar-refractivity contribution >= 4 is 33.6 Å². The molecule has 0 aromatic heterocycles. The number of carbonyl (C=O) groups is 4. The van der Waals surface area contributed by atoms with Crippen molar-refractivity contribution in [3.05, 3.63) is 35.4 Å². The number of Topliss-reactive ketones (excluding diaryl/α,β-unsaturated/α-hetero) is 1. The lowest BCUT2D eigenvalue weighted by Crippen LogP contribution is -2.39. The van der Waals surface area contributed by atoms with E-state index in [0.717, 1.165) is 5.06 Å². The van der Waals surface area contributed by atoms with Gasteiger partial charge in [-0.25, -0.2) is 23.0 Å². The number of amides is 2. The molecule has 0 fully saturated rings. The van der Waals surface area contributed by atoms with Gasteiger partial charge >= 0.3 is 11.9 Å². The standard InChI is InChI=1S/C18H24N2O8S/c1-18(2,3)28-17(24)13-8-6-12(7-9-13)11-20(27-4)15(22)10-14(21)16(23)19-29(5,25)26/h6-9H,10-11H2,1-5H3,(H,19,23). The number of nitrogens with one attached hydrogen (secondary N) is 1. The van der Waals surface area contributed by atoms with Gasteiger partial charge in [0.1, 0.15) is 5.60 Å². The summed E-state index contributed by atoms with van der Waals surface area (Å²) in [7, 11) is -2.71. The van der Waals surface area contributed by atoms with Crippen LogP contribution in [-0.2, 0) is 40.5 Å². The van der Waals surface area contributed by atoms with Gasteiger partial charge in [0.25, 0.3) is 5.91 Å². The molecule has 0 saturated carbocycles. The molecule has 0 heterocycles. The third-order valence-corrected chi connectivity index (χ3v) is 3.81. The Kier molecular flexibility index (Phi) is 8.04. The van der Waals surface area contributed by atoms with E-state index in [4.69, 9.17) is 9.57 Å². The van der Waals surface area contributed by atoms with E-state index in [9.17, 15) is 27.6 Å². The van der Waals surface area contributed by atoms with Gasteiger partial charge in [-0.05, 0) is 38.5 Å². The topological polar surface area (TPSA) is 136 Å². The molecule has 160 valence electrons. The summed E-state index contributed by atoms with van der Waals surface area (Å²) >= 11 is 0. The van der Waals surface area contributed by atoms with E-state index < -0.39 is 45.6 Å². The smallest absolute Gasteiger partial charge is 0.338 e. The molecule has 0 atom stereocenters. The number of ether oxygens (including phenoxy) is 1. The first kappa shape index (κ1) is 24.2. The summed E-state index contributed by atoms with van der Waals surface area (Å²) in [6.45, 7) is 5.18. The number of esters is 1. The molecule has 0 spiro atoms. The van der Waals surface area contributed by atoms with Crippen molar-refractivity contribution < 1.29 is 37.2 Å². The molecule has 29 heavy (non-hydrogen) atoms. The summed E-state index contributed by atoms with van der Waals surface area (Å²) < 4.78 is 28.7. The number of hydrogen-bond acceptors (Lipinski definition) is 8. The zero-order chi connectivity index (χ0) is 22.4. The summed E-state index contributed by atoms with van der Waals surface area (Å²) in [6, 6.07) is 6.20. The van der Waals surface area contributed by atoms with Crippen LogP contribution in [0.25, 0.3) is 0 Å². The maximum Gasteiger partial charge on any atom is 0.338 e. The summed E-state index contributed by atoms with van der Waals surface area (Å²) in [5.74, 6) is -3.95. The molecule has 1 aromatic rings. The highest BCUT2D eigenvalue weighted by Gasteiger charge is 2.24. The van der Waals surface area contributed by atoms with E-state index in [1.807, 2.05) is 0 Å². The highest BCUT2D eigenvalue weighted by Crippen LogP contribution is 2.14. The molecule has 0 radical (unpaired) electrons. The Morgan fingerprint density at radius 3 is 2.07 bits per heavy atom. The van der Waals surface area contributed by atoms with Crippen LogP contribution < -0.4 is 4.72 Å². The molecule has 0 aliphatic heterocycles. The monoisotopic (exact) mass is 428 g/mol. The molecule has 11 heteroatoms. The second-order valence-electron chi connectivity index (χ2n) is 7.12. The van der Waals surface area contributed by atoms with Crippen molar-refractivity contribution in [2.24, 2.45) is 0 Å². The summed E-state index contributed by atoms with van der Waals surface area (Å²) in [6.07, 6.45) is -0.159. The Balaban J connectivity index is 2.75. The van der Waals surface area contributed by atoms with Gasteiger partial charge in [-0.1, -0.05) is 12.1 Å². The van der Waals surface area contributed by atoms with E-state index >= 15 is 0 Å². The van der Waals surface area contributed by atoms with Crippen molar-refractivity contribution in [2.45, 2.75) is 39.3 Å². The summed E-state index contributed by atoms with van der Waals surface area (Å²) in [5, 5.41) is 0.841. The number of hydroxylamine groups is 2. The van der Waals surface area contributed by atoms with Crippen LogP contribution in [0.4, 0.5) is 0 Å². The first-order valence-electron chi connectivity index (χ1n) is 8.43. The highest BCUT2D eigenvalue weighted by molar-refractivity contribution is 7.89. The molecular formula is C18H24N2O8S. The van der Waals surface area contributed by atoms with Crippen LogP contribution in [0.3, 0.4) is 0 Å². The molecule has 1 rings (SSSR count). The van der Waals surface area contributed by atoms with Gasteiger partial charge in [-0.3, -0.25) is 19.2 Å². The van der Waals surface area contributed by atoms with Gasteiger partial charge in [0, 0.05) is 0 Å². The zero-order valence-corrected chi connectivity index (χ0v) is 17.7. The van der Waals surface area contributed by atoms with E-state index in [2.05, 4.69) is 0 Å². The lowest BCUT2D eigenvalue weighted by Gasteiger charge is -2.20. The number of hydrogen-bond donors (Lipinski definition) is 1. The van der Waals surface area contributed by atoms with E-state index in [-0.39, 0.29) is 6.54 Å². The SMILES string of the molecule is CON(Cc1ccc(C(=O)OC(C)(C)C)cc1)C(=O)CC(=O)C(=O)NS(C)(=O)=O. The second kappa shape index (κ2) is 9.61.